The van der Waals surface area contributed by atoms with Crippen molar-refractivity contribution in [2.45, 2.75) is 43.9 Å². The minimum absolute atomic E-state index is 0.0808. The standard InChI is InChI=1S/C21H30FN3O4S/c1-30(27,28)25-14-19(29-18-7-5-16(22)6-8-18)13-20(25)21(26)15-23-9-11-24(12-10-23)17-3-2-4-17/h5-8,17,19-20H,2-4,9-15H2,1H3/t19-,20-/m0/s1. The highest BCUT2D eigenvalue weighted by Gasteiger charge is 2.43. The average Bonchev–Trinajstić information content (AvgIpc) is 3.08. The molecule has 0 radical (unpaired) electrons. The van der Waals surface area contributed by atoms with E-state index in [1.165, 1.54) is 47.8 Å². The van der Waals surface area contributed by atoms with Gasteiger partial charge >= 0.3 is 0 Å². The number of sulfonamides is 1. The molecule has 1 aliphatic carbocycles. The van der Waals surface area contributed by atoms with E-state index in [0.717, 1.165) is 32.4 Å². The maximum atomic E-state index is 13.1. The molecule has 7 nitrogen and oxygen atoms in total. The fourth-order valence-electron chi connectivity index (χ4n) is 4.58. The van der Waals surface area contributed by atoms with Crippen molar-refractivity contribution in [3.8, 4) is 5.75 Å². The first-order valence-electron chi connectivity index (χ1n) is 10.7. The highest BCUT2D eigenvalue weighted by Crippen LogP contribution is 2.27. The number of ether oxygens (including phenoxy) is 1. The first-order valence-corrected chi connectivity index (χ1v) is 12.5. The third-order valence-corrected chi connectivity index (χ3v) is 7.76. The van der Waals surface area contributed by atoms with Crippen molar-refractivity contribution in [3.05, 3.63) is 30.1 Å². The topological polar surface area (TPSA) is 70.2 Å². The van der Waals surface area contributed by atoms with E-state index in [2.05, 4.69) is 9.80 Å². The summed E-state index contributed by atoms with van der Waals surface area (Å²) in [7, 11) is -3.54. The monoisotopic (exact) mass is 439 g/mol. The maximum absolute atomic E-state index is 13.1. The van der Waals surface area contributed by atoms with Crippen LogP contribution in [0.1, 0.15) is 25.7 Å². The summed E-state index contributed by atoms with van der Waals surface area (Å²) in [5.74, 6) is 0.0229. The van der Waals surface area contributed by atoms with Gasteiger partial charge in [0.25, 0.3) is 0 Å². The number of rotatable bonds is 7. The molecule has 0 spiro atoms. The van der Waals surface area contributed by atoms with Crippen molar-refractivity contribution in [1.82, 2.24) is 14.1 Å². The number of piperazine rings is 1. The number of carbonyl (C=O) groups excluding carboxylic acids is 1. The van der Waals surface area contributed by atoms with Gasteiger partial charge in [-0.2, -0.15) is 4.31 Å². The normalized spacial score (nSPS) is 27.1. The van der Waals surface area contributed by atoms with Gasteiger partial charge in [-0.3, -0.25) is 14.6 Å². The molecule has 2 atom stereocenters. The molecule has 1 saturated carbocycles. The number of carbonyl (C=O) groups is 1. The molecule has 2 aliphatic heterocycles. The van der Waals surface area contributed by atoms with Gasteiger partial charge in [0.15, 0.2) is 5.78 Å². The summed E-state index contributed by atoms with van der Waals surface area (Å²) in [5, 5.41) is 0. The first kappa shape index (κ1) is 21.7. The molecular weight excluding hydrogens is 409 g/mol. The Hall–Kier alpha value is -1.55. The third-order valence-electron chi connectivity index (χ3n) is 6.51. The molecule has 1 aromatic carbocycles. The second kappa shape index (κ2) is 8.90. The van der Waals surface area contributed by atoms with Crippen LogP contribution in [0.4, 0.5) is 4.39 Å². The van der Waals surface area contributed by atoms with Crippen LogP contribution in [0.25, 0.3) is 0 Å². The van der Waals surface area contributed by atoms with E-state index in [9.17, 15) is 17.6 Å². The lowest BCUT2D eigenvalue weighted by Gasteiger charge is -2.43. The number of ketones is 1. The van der Waals surface area contributed by atoms with Gasteiger partial charge in [-0.15, -0.1) is 0 Å². The predicted molar refractivity (Wildman–Crippen MR) is 111 cm³/mol. The molecule has 2 heterocycles. The minimum Gasteiger partial charge on any atom is -0.489 e. The second-order valence-electron chi connectivity index (χ2n) is 8.64. The Labute approximate surface area is 177 Å². The summed E-state index contributed by atoms with van der Waals surface area (Å²) < 4.78 is 44.8. The quantitative estimate of drug-likeness (QED) is 0.639. The van der Waals surface area contributed by atoms with Crippen molar-refractivity contribution < 1.29 is 22.3 Å². The predicted octanol–water partition coefficient (Wildman–Crippen LogP) is 1.35. The number of nitrogens with zero attached hydrogens (tertiary/aromatic N) is 3. The maximum Gasteiger partial charge on any atom is 0.211 e. The zero-order valence-corrected chi connectivity index (χ0v) is 18.2. The summed E-state index contributed by atoms with van der Waals surface area (Å²) in [6.07, 6.45) is 4.87. The molecule has 30 heavy (non-hydrogen) atoms. The Bertz CT molecular complexity index is 852. The van der Waals surface area contributed by atoms with Crippen molar-refractivity contribution >= 4 is 15.8 Å². The summed E-state index contributed by atoms with van der Waals surface area (Å²) in [6.45, 7) is 4.00. The number of hydrogen-bond donors (Lipinski definition) is 0. The van der Waals surface area contributed by atoms with E-state index >= 15 is 0 Å². The molecule has 0 aromatic heterocycles. The van der Waals surface area contributed by atoms with E-state index in [-0.39, 0.29) is 24.7 Å². The van der Waals surface area contributed by atoms with Gasteiger partial charge in [0.2, 0.25) is 10.0 Å². The van der Waals surface area contributed by atoms with Crippen LogP contribution in [0.5, 0.6) is 5.75 Å². The molecule has 3 aliphatic rings. The lowest BCUT2D eigenvalue weighted by atomic mass is 9.91. The zero-order valence-electron chi connectivity index (χ0n) is 17.4. The molecule has 9 heteroatoms. The van der Waals surface area contributed by atoms with Crippen LogP contribution < -0.4 is 4.74 Å². The minimum atomic E-state index is -3.54. The number of benzene rings is 1. The second-order valence-corrected chi connectivity index (χ2v) is 10.6. The van der Waals surface area contributed by atoms with Gasteiger partial charge in [0, 0.05) is 38.6 Å². The lowest BCUT2D eigenvalue weighted by Crippen LogP contribution is -2.54. The Morgan fingerprint density at radius 1 is 1.13 bits per heavy atom. The summed E-state index contributed by atoms with van der Waals surface area (Å²) in [5.41, 5.74) is 0. The molecule has 3 fully saturated rings. The van der Waals surface area contributed by atoms with Crippen LogP contribution in [0.3, 0.4) is 0 Å². The fraction of sp³-hybridized carbons (Fsp3) is 0.667. The molecule has 4 rings (SSSR count). The van der Waals surface area contributed by atoms with Gasteiger partial charge in [-0.1, -0.05) is 6.42 Å². The van der Waals surface area contributed by atoms with Crippen LogP contribution in [0.2, 0.25) is 0 Å². The lowest BCUT2D eigenvalue weighted by molar-refractivity contribution is -0.123. The molecular formula is C21H30FN3O4S. The van der Waals surface area contributed by atoms with Crippen LogP contribution >= 0.6 is 0 Å². The zero-order chi connectivity index (χ0) is 21.3. The van der Waals surface area contributed by atoms with Crippen LogP contribution in [-0.2, 0) is 14.8 Å². The van der Waals surface area contributed by atoms with E-state index in [0.29, 0.717) is 18.2 Å². The highest BCUT2D eigenvalue weighted by atomic mass is 32.2. The summed E-state index contributed by atoms with van der Waals surface area (Å²) >= 11 is 0. The molecule has 166 valence electrons. The van der Waals surface area contributed by atoms with E-state index in [4.69, 9.17) is 4.74 Å². The molecule has 0 bridgehead atoms. The van der Waals surface area contributed by atoms with Crippen molar-refractivity contribution in [3.63, 3.8) is 0 Å². The molecule has 0 unspecified atom stereocenters. The van der Waals surface area contributed by atoms with Crippen LogP contribution in [0, 0.1) is 5.82 Å². The van der Waals surface area contributed by atoms with Gasteiger partial charge in [-0.25, -0.2) is 12.8 Å². The summed E-state index contributed by atoms with van der Waals surface area (Å²) in [6, 6.07) is 5.61. The number of Topliss-reactive ketones (excluding diaryl/α,β-unsaturated/α-hetero) is 1. The largest absolute Gasteiger partial charge is 0.489 e. The van der Waals surface area contributed by atoms with E-state index < -0.39 is 22.2 Å². The smallest absolute Gasteiger partial charge is 0.211 e. The molecule has 1 aromatic rings. The van der Waals surface area contributed by atoms with Gasteiger partial charge in [0.05, 0.1) is 25.4 Å². The molecule has 0 amide bonds. The average molecular weight is 440 g/mol. The number of halogens is 1. The third kappa shape index (κ3) is 5.01. The Balaban J connectivity index is 1.35. The molecule has 0 N–H and O–H groups in total. The Morgan fingerprint density at radius 3 is 2.37 bits per heavy atom. The Morgan fingerprint density at radius 2 is 1.80 bits per heavy atom. The SMILES string of the molecule is CS(=O)(=O)N1C[C@@H](Oc2ccc(F)cc2)C[C@H]1C(=O)CN1CCN(C2CCC2)CC1. The summed E-state index contributed by atoms with van der Waals surface area (Å²) in [4.78, 5) is 17.7. The highest BCUT2D eigenvalue weighted by molar-refractivity contribution is 7.88. The van der Waals surface area contributed by atoms with Crippen molar-refractivity contribution in [2.75, 3.05) is 45.5 Å². The Kier molecular flexibility index (Phi) is 6.43. The van der Waals surface area contributed by atoms with Crippen molar-refractivity contribution in [1.29, 1.82) is 0 Å². The first-order chi connectivity index (χ1) is 14.3. The van der Waals surface area contributed by atoms with Crippen LogP contribution in [-0.4, -0.2) is 92.0 Å². The van der Waals surface area contributed by atoms with Crippen LogP contribution in [0.15, 0.2) is 24.3 Å². The van der Waals surface area contributed by atoms with E-state index in [1.54, 1.807) is 0 Å². The number of hydrogen-bond acceptors (Lipinski definition) is 6. The molecule has 2 saturated heterocycles. The van der Waals surface area contributed by atoms with E-state index in [1.807, 2.05) is 0 Å². The van der Waals surface area contributed by atoms with Crippen molar-refractivity contribution in [2.24, 2.45) is 0 Å². The fourth-order valence-corrected chi connectivity index (χ4v) is 5.69. The van der Waals surface area contributed by atoms with Gasteiger partial charge in [-0.05, 0) is 37.1 Å². The van der Waals surface area contributed by atoms with Gasteiger partial charge in [0.1, 0.15) is 17.7 Å². The van der Waals surface area contributed by atoms with Gasteiger partial charge < -0.3 is 4.74 Å².